The van der Waals surface area contributed by atoms with Crippen LogP contribution in [-0.4, -0.2) is 33.8 Å². The van der Waals surface area contributed by atoms with E-state index in [4.69, 9.17) is 25.8 Å². The lowest BCUT2D eigenvalue weighted by molar-refractivity contribution is 0.0363. The summed E-state index contributed by atoms with van der Waals surface area (Å²) >= 11 is 5.83. The summed E-state index contributed by atoms with van der Waals surface area (Å²) in [6.07, 6.45) is 4.74. The Bertz CT molecular complexity index is 1200. The smallest absolute Gasteiger partial charge is 0.407 e. The van der Waals surface area contributed by atoms with Crippen LogP contribution in [0, 0.1) is 0 Å². The number of ether oxygens (including phenoxy) is 3. The summed E-state index contributed by atoms with van der Waals surface area (Å²) in [4.78, 5) is 19.9. The van der Waals surface area contributed by atoms with Crippen molar-refractivity contribution in [2.75, 3.05) is 0 Å². The molecule has 37 heavy (non-hydrogen) atoms. The Morgan fingerprint density at radius 1 is 1.08 bits per heavy atom. The number of hydrogen-bond acceptors (Lipinski definition) is 6. The molecule has 3 aromatic rings. The number of rotatable bonds is 9. The quantitative estimate of drug-likeness (QED) is 0.257. The Kier molecular flexibility index (Phi) is 8.34. The third-order valence-corrected chi connectivity index (χ3v) is 6.09. The fourth-order valence-electron chi connectivity index (χ4n) is 4.04. The molecule has 1 amide bonds. The van der Waals surface area contributed by atoms with Gasteiger partial charge in [0.15, 0.2) is 0 Å². The number of carbonyl (C=O) groups excluding carboxylic acids is 1. The fraction of sp³-hybridized carbons (Fsp3) is 0.345. The van der Waals surface area contributed by atoms with E-state index >= 15 is 0 Å². The van der Waals surface area contributed by atoms with Gasteiger partial charge in [-0.3, -0.25) is 0 Å². The molecule has 194 valence electrons. The average Bonchev–Trinajstić information content (AvgIpc) is 2.82. The standard InChI is InChI=1S/C29H32ClN3O4/c1-5-26(19-6-10-23(11-7-19)35-18-21-14-15-31-27(30)32-21)20-8-12-24(13-9-20)36-25-16-22(17-25)33-28(34)37-29(2,3)4/h5-15,22,25-26H,1,16-18H2,2-4H3,(H,33,34). The summed E-state index contributed by atoms with van der Waals surface area (Å²) in [5, 5.41) is 3.09. The largest absolute Gasteiger partial charge is 0.490 e. The first-order chi connectivity index (χ1) is 17.7. The summed E-state index contributed by atoms with van der Waals surface area (Å²) in [7, 11) is 0. The molecule has 8 heteroatoms. The van der Waals surface area contributed by atoms with Gasteiger partial charge in [-0.25, -0.2) is 14.8 Å². The van der Waals surface area contributed by atoms with E-state index in [1.165, 1.54) is 0 Å². The molecule has 0 saturated heterocycles. The minimum absolute atomic E-state index is 0.0369. The van der Waals surface area contributed by atoms with Crippen molar-refractivity contribution in [2.45, 2.75) is 63.9 Å². The normalized spacial score (nSPS) is 17.7. The van der Waals surface area contributed by atoms with E-state index in [9.17, 15) is 4.79 Å². The average molecular weight is 522 g/mol. The lowest BCUT2D eigenvalue weighted by atomic mass is 9.89. The zero-order valence-corrected chi connectivity index (χ0v) is 22.1. The van der Waals surface area contributed by atoms with Crippen molar-refractivity contribution in [2.24, 2.45) is 0 Å². The Morgan fingerprint density at radius 2 is 1.70 bits per heavy atom. The number of alkyl carbamates (subject to hydrolysis) is 1. The topological polar surface area (TPSA) is 82.6 Å². The summed E-state index contributed by atoms with van der Waals surface area (Å²) in [5.74, 6) is 1.58. The van der Waals surface area contributed by atoms with E-state index < -0.39 is 5.60 Å². The van der Waals surface area contributed by atoms with Crippen LogP contribution in [0.4, 0.5) is 4.79 Å². The van der Waals surface area contributed by atoms with Gasteiger partial charge in [-0.15, -0.1) is 6.58 Å². The predicted molar refractivity (Wildman–Crippen MR) is 143 cm³/mol. The number of nitrogens with zero attached hydrogens (tertiary/aromatic N) is 2. The molecule has 0 radical (unpaired) electrons. The van der Waals surface area contributed by atoms with E-state index in [1.54, 1.807) is 12.3 Å². The number of halogens is 1. The van der Waals surface area contributed by atoms with Crippen LogP contribution in [0.1, 0.15) is 56.4 Å². The molecule has 0 bridgehead atoms. The molecule has 1 fully saturated rings. The van der Waals surface area contributed by atoms with Crippen molar-refractivity contribution >= 4 is 17.7 Å². The van der Waals surface area contributed by atoms with E-state index in [2.05, 4.69) is 34.0 Å². The summed E-state index contributed by atoms with van der Waals surface area (Å²) < 4.78 is 17.2. The van der Waals surface area contributed by atoms with Gasteiger partial charge in [-0.1, -0.05) is 30.3 Å². The molecule has 1 heterocycles. The molecule has 1 atom stereocenters. The van der Waals surface area contributed by atoms with E-state index in [-0.39, 0.29) is 29.4 Å². The molecule has 4 rings (SSSR count). The maximum Gasteiger partial charge on any atom is 0.407 e. The second-order valence-corrected chi connectivity index (χ2v) is 10.3. The summed E-state index contributed by atoms with van der Waals surface area (Å²) in [6.45, 7) is 9.90. The second kappa shape index (κ2) is 11.6. The van der Waals surface area contributed by atoms with Gasteiger partial charge < -0.3 is 19.5 Å². The first kappa shape index (κ1) is 26.5. The second-order valence-electron chi connectivity index (χ2n) is 10.0. The van der Waals surface area contributed by atoms with Crippen molar-refractivity contribution in [1.82, 2.24) is 15.3 Å². The molecule has 2 aromatic carbocycles. The molecule has 0 spiro atoms. The number of hydrogen-bond donors (Lipinski definition) is 1. The van der Waals surface area contributed by atoms with Crippen LogP contribution in [-0.2, 0) is 11.3 Å². The van der Waals surface area contributed by atoms with Gasteiger partial charge in [0.2, 0.25) is 5.28 Å². The maximum atomic E-state index is 11.9. The van der Waals surface area contributed by atoms with Gasteiger partial charge in [0.25, 0.3) is 0 Å². The summed E-state index contributed by atoms with van der Waals surface area (Å²) in [6, 6.07) is 17.8. The number of benzene rings is 2. The molecule has 7 nitrogen and oxygen atoms in total. The highest BCUT2D eigenvalue weighted by molar-refractivity contribution is 6.28. The van der Waals surface area contributed by atoms with Gasteiger partial charge in [-0.05, 0) is 73.8 Å². The minimum atomic E-state index is -0.502. The molecule has 1 saturated carbocycles. The molecule has 1 aromatic heterocycles. The number of carbonyl (C=O) groups is 1. The van der Waals surface area contributed by atoms with Crippen molar-refractivity contribution < 1.29 is 19.0 Å². The molecular weight excluding hydrogens is 490 g/mol. The minimum Gasteiger partial charge on any atom is -0.490 e. The monoisotopic (exact) mass is 521 g/mol. The maximum absolute atomic E-state index is 11.9. The van der Waals surface area contributed by atoms with Crippen molar-refractivity contribution in [3.63, 3.8) is 0 Å². The highest BCUT2D eigenvalue weighted by Crippen LogP contribution is 2.31. The van der Waals surface area contributed by atoms with Crippen LogP contribution in [0.2, 0.25) is 5.28 Å². The zero-order valence-electron chi connectivity index (χ0n) is 21.3. The van der Waals surface area contributed by atoms with Gasteiger partial charge in [0.05, 0.1) is 5.69 Å². The number of allylic oxidation sites excluding steroid dienone is 1. The fourth-order valence-corrected chi connectivity index (χ4v) is 4.21. The Labute approximate surface area is 222 Å². The molecule has 1 aliphatic carbocycles. The van der Waals surface area contributed by atoms with Crippen LogP contribution < -0.4 is 14.8 Å². The van der Waals surface area contributed by atoms with Crippen molar-refractivity contribution in [3.8, 4) is 11.5 Å². The van der Waals surface area contributed by atoms with E-state index in [0.717, 1.165) is 35.5 Å². The van der Waals surface area contributed by atoms with E-state index in [0.29, 0.717) is 12.3 Å². The number of aromatic nitrogens is 2. The van der Waals surface area contributed by atoms with E-state index in [1.807, 2.05) is 63.2 Å². The van der Waals surface area contributed by atoms with Crippen LogP contribution in [0.5, 0.6) is 11.5 Å². The Morgan fingerprint density at radius 3 is 2.27 bits per heavy atom. The van der Waals surface area contributed by atoms with Crippen LogP contribution in [0.15, 0.2) is 73.4 Å². The van der Waals surface area contributed by atoms with Gasteiger partial charge in [-0.2, -0.15) is 0 Å². The Hall–Kier alpha value is -3.58. The highest BCUT2D eigenvalue weighted by atomic mass is 35.5. The molecular formula is C29H32ClN3O4. The lowest BCUT2D eigenvalue weighted by Gasteiger charge is -2.36. The highest BCUT2D eigenvalue weighted by Gasteiger charge is 2.33. The SMILES string of the molecule is C=CC(c1ccc(OCc2ccnc(Cl)n2)cc1)c1ccc(OC2CC(NC(=O)OC(C)(C)C)C2)cc1. The van der Waals surface area contributed by atoms with Crippen LogP contribution in [0.25, 0.3) is 0 Å². The predicted octanol–water partition coefficient (Wildman–Crippen LogP) is 6.46. The molecule has 1 unspecified atom stereocenters. The number of amides is 1. The summed E-state index contributed by atoms with van der Waals surface area (Å²) in [5.41, 5.74) is 2.44. The lowest BCUT2D eigenvalue weighted by Crippen LogP contribution is -2.50. The molecule has 1 N–H and O–H groups in total. The first-order valence-corrected chi connectivity index (χ1v) is 12.6. The third-order valence-electron chi connectivity index (χ3n) is 5.90. The van der Waals surface area contributed by atoms with Gasteiger partial charge in [0.1, 0.15) is 29.8 Å². The van der Waals surface area contributed by atoms with Crippen molar-refractivity contribution in [1.29, 1.82) is 0 Å². The van der Waals surface area contributed by atoms with Crippen LogP contribution in [0.3, 0.4) is 0 Å². The molecule has 0 aliphatic heterocycles. The zero-order chi connectivity index (χ0) is 26.4. The first-order valence-electron chi connectivity index (χ1n) is 12.3. The van der Waals surface area contributed by atoms with Crippen LogP contribution >= 0.6 is 11.6 Å². The molecule has 1 aliphatic rings. The van der Waals surface area contributed by atoms with Gasteiger partial charge >= 0.3 is 6.09 Å². The van der Waals surface area contributed by atoms with Crippen molar-refractivity contribution in [3.05, 3.63) is 95.6 Å². The third kappa shape index (κ3) is 7.70. The van der Waals surface area contributed by atoms with Gasteiger partial charge in [0, 0.05) is 31.0 Å². The Balaban J connectivity index is 1.27. The number of nitrogens with one attached hydrogen (secondary N) is 1.